The van der Waals surface area contributed by atoms with E-state index in [0.29, 0.717) is 16.7 Å². The van der Waals surface area contributed by atoms with Gasteiger partial charge in [-0.2, -0.15) is 0 Å². The second-order valence-corrected chi connectivity index (χ2v) is 5.05. The second-order valence-electron chi connectivity index (χ2n) is 5.05. The average Bonchev–Trinajstić information content (AvgIpc) is 2.61. The third-order valence-electron chi connectivity index (χ3n) is 3.35. The topological polar surface area (TPSA) is 121 Å². The van der Waals surface area contributed by atoms with E-state index in [9.17, 15) is 14.4 Å². The van der Waals surface area contributed by atoms with Crippen LogP contribution >= 0.6 is 0 Å². The summed E-state index contributed by atoms with van der Waals surface area (Å²) in [5.41, 5.74) is 1.91. The molecule has 0 radical (unpaired) electrons. The fraction of sp³-hybridized carbons (Fsp3) is 0. The molecule has 1 aromatic heterocycles. The van der Waals surface area contributed by atoms with E-state index in [0.717, 1.165) is 0 Å². The Morgan fingerprint density at radius 2 is 1.50 bits per heavy atom. The van der Waals surface area contributed by atoms with Gasteiger partial charge in [-0.15, -0.1) is 0 Å². The number of carbonyl (C=O) groups excluding carboxylic acids is 2. The molecule has 0 aliphatic rings. The average molecular weight is 360 g/mol. The predicted molar refractivity (Wildman–Crippen MR) is 90.5 cm³/mol. The van der Waals surface area contributed by atoms with Crippen molar-refractivity contribution >= 4 is 34.6 Å². The number of rotatable bonds is 3. The summed E-state index contributed by atoms with van der Waals surface area (Å²) < 4.78 is 0. The number of fused-ring (bicyclic) bond motifs is 1. The Morgan fingerprint density at radius 3 is 2.15 bits per heavy atom. The van der Waals surface area contributed by atoms with Crippen LogP contribution in [0.2, 0.25) is 0 Å². The smallest absolute Gasteiger partial charge is 1.00 e. The molecule has 26 heavy (non-hydrogen) atoms. The zero-order valence-electron chi connectivity index (χ0n) is 14.8. The summed E-state index contributed by atoms with van der Waals surface area (Å²) in [6, 6.07) is 9.54. The largest absolute Gasteiger partial charge is 1.00 e. The van der Waals surface area contributed by atoms with Crippen LogP contribution in [0.5, 0.6) is 0 Å². The van der Waals surface area contributed by atoms with Crippen molar-refractivity contribution in [3.8, 4) is 0 Å². The Balaban J connectivity index is 0.00000182. The van der Waals surface area contributed by atoms with Gasteiger partial charge in [0.1, 0.15) is 0 Å². The van der Waals surface area contributed by atoms with Crippen LogP contribution in [0.25, 0.3) is 11.0 Å². The van der Waals surface area contributed by atoms with Gasteiger partial charge in [0, 0.05) is 23.6 Å². The van der Waals surface area contributed by atoms with Crippen molar-refractivity contribution < 1.29 is 50.5 Å². The first kappa shape index (κ1) is 19.5. The first-order chi connectivity index (χ1) is 12.0. The Labute approximate surface area is 171 Å². The van der Waals surface area contributed by atoms with Gasteiger partial charge >= 0.3 is 41.6 Å². The van der Waals surface area contributed by atoms with Crippen molar-refractivity contribution in [2.45, 2.75) is 0 Å². The minimum atomic E-state index is -1.06. The zero-order valence-corrected chi connectivity index (χ0v) is 15.8. The van der Waals surface area contributed by atoms with Gasteiger partial charge in [-0.3, -0.25) is 20.1 Å². The van der Waals surface area contributed by atoms with E-state index in [2.05, 4.69) is 20.6 Å². The number of anilines is 1. The van der Waals surface area contributed by atoms with E-state index in [4.69, 9.17) is 5.11 Å². The summed E-state index contributed by atoms with van der Waals surface area (Å²) in [6.45, 7) is 0. The van der Waals surface area contributed by atoms with Gasteiger partial charge < -0.3 is 11.8 Å². The standard InChI is InChI=1S/C17H12N4O4.Na.H/c22-15(11-3-6-13-14(9-11)19-8-7-18-13)21-17(25)20-12-4-1-10(2-5-12)16(23)24;;/h1-9H,(H,23,24)(H2,20,21,22,25);;/q;+1;-1. The van der Waals surface area contributed by atoms with E-state index in [1.807, 2.05) is 0 Å². The van der Waals surface area contributed by atoms with Gasteiger partial charge in [-0.05, 0) is 42.5 Å². The Kier molecular flexibility index (Phi) is 6.40. The molecule has 2 aromatic carbocycles. The van der Waals surface area contributed by atoms with Crippen molar-refractivity contribution in [1.82, 2.24) is 15.3 Å². The molecule has 3 amide bonds. The van der Waals surface area contributed by atoms with Gasteiger partial charge in [0.05, 0.1) is 16.6 Å². The number of nitrogens with zero attached hydrogens (tertiary/aromatic N) is 2. The first-order valence-electron chi connectivity index (χ1n) is 7.19. The number of carboxylic acid groups (broad SMARTS) is 1. The number of nitrogens with one attached hydrogen (secondary N) is 2. The zero-order chi connectivity index (χ0) is 17.8. The molecule has 0 saturated carbocycles. The van der Waals surface area contributed by atoms with Crippen molar-refractivity contribution in [2.75, 3.05) is 5.32 Å². The predicted octanol–water partition coefficient (Wildman–Crippen LogP) is -0.594. The summed E-state index contributed by atoms with van der Waals surface area (Å²) >= 11 is 0. The molecule has 1 heterocycles. The minimum Gasteiger partial charge on any atom is -1.00 e. The Morgan fingerprint density at radius 1 is 0.885 bits per heavy atom. The number of urea groups is 1. The molecule has 0 aliphatic carbocycles. The maximum absolute atomic E-state index is 12.1. The molecule has 9 heteroatoms. The number of aromatic nitrogens is 2. The first-order valence-corrected chi connectivity index (χ1v) is 7.19. The maximum Gasteiger partial charge on any atom is 1.00 e. The molecule has 0 spiro atoms. The molecule has 3 rings (SSSR count). The molecule has 0 bridgehead atoms. The molecule has 0 atom stereocenters. The van der Waals surface area contributed by atoms with E-state index in [-0.39, 0.29) is 42.1 Å². The van der Waals surface area contributed by atoms with Crippen molar-refractivity contribution in [3.05, 3.63) is 66.0 Å². The van der Waals surface area contributed by atoms with Crippen molar-refractivity contribution in [1.29, 1.82) is 0 Å². The quantitative estimate of drug-likeness (QED) is 0.537. The molecule has 0 aliphatic heterocycles. The van der Waals surface area contributed by atoms with Crippen molar-refractivity contribution in [3.63, 3.8) is 0 Å². The number of amides is 3. The molecule has 126 valence electrons. The second kappa shape index (κ2) is 8.52. The maximum atomic E-state index is 12.1. The van der Waals surface area contributed by atoms with Crippen LogP contribution in [0.3, 0.4) is 0 Å². The van der Waals surface area contributed by atoms with Gasteiger partial charge in [0.15, 0.2) is 0 Å². The molecule has 3 N–H and O–H groups in total. The van der Waals surface area contributed by atoms with Gasteiger partial charge in [0.2, 0.25) is 0 Å². The van der Waals surface area contributed by atoms with Crippen LogP contribution in [0.1, 0.15) is 22.1 Å². The fourth-order valence-electron chi connectivity index (χ4n) is 2.14. The number of imide groups is 1. The SMILES string of the molecule is O=C(NC(=O)c1ccc2nccnc2c1)Nc1ccc(C(=O)O)cc1.[H-].[Na+]. The van der Waals surface area contributed by atoms with E-state index in [1.54, 1.807) is 18.3 Å². The Hall–Kier alpha value is -2.81. The molecule has 8 nitrogen and oxygen atoms in total. The molecule has 0 saturated heterocycles. The van der Waals surface area contributed by atoms with Crippen LogP contribution in [0, 0.1) is 0 Å². The number of aromatic carboxylic acids is 1. The van der Waals surface area contributed by atoms with Crippen LogP contribution in [0.4, 0.5) is 10.5 Å². The van der Waals surface area contributed by atoms with Gasteiger partial charge in [-0.25, -0.2) is 9.59 Å². The van der Waals surface area contributed by atoms with Crippen LogP contribution < -0.4 is 40.2 Å². The molecule has 0 unspecified atom stereocenters. The number of hydrogen-bond donors (Lipinski definition) is 3. The molecule has 0 fully saturated rings. The molecular formula is C17H13N4NaO4. The van der Waals surface area contributed by atoms with Crippen LogP contribution in [-0.2, 0) is 0 Å². The van der Waals surface area contributed by atoms with Gasteiger partial charge in [0.25, 0.3) is 5.91 Å². The normalized spacial score (nSPS) is 9.85. The summed E-state index contributed by atoms with van der Waals surface area (Å²) in [6.07, 6.45) is 3.06. The summed E-state index contributed by atoms with van der Waals surface area (Å²) in [7, 11) is 0. The monoisotopic (exact) mass is 360 g/mol. The number of benzene rings is 2. The summed E-state index contributed by atoms with van der Waals surface area (Å²) in [5, 5.41) is 13.5. The molecule has 3 aromatic rings. The number of hydrogen-bond acceptors (Lipinski definition) is 5. The Bertz CT molecular complexity index is 982. The van der Waals surface area contributed by atoms with Crippen molar-refractivity contribution in [2.24, 2.45) is 0 Å². The van der Waals surface area contributed by atoms with E-state index < -0.39 is 17.9 Å². The van der Waals surface area contributed by atoms with Crippen LogP contribution in [-0.4, -0.2) is 33.0 Å². The third kappa shape index (κ3) is 4.63. The van der Waals surface area contributed by atoms with Gasteiger partial charge in [-0.1, -0.05) is 0 Å². The molecular weight excluding hydrogens is 347 g/mol. The number of carboxylic acids is 1. The summed E-state index contributed by atoms with van der Waals surface area (Å²) in [4.78, 5) is 43.0. The fourth-order valence-corrected chi connectivity index (χ4v) is 2.14. The third-order valence-corrected chi connectivity index (χ3v) is 3.35. The van der Waals surface area contributed by atoms with E-state index in [1.165, 1.54) is 36.5 Å². The number of carbonyl (C=O) groups is 3. The van der Waals surface area contributed by atoms with E-state index >= 15 is 0 Å². The van der Waals surface area contributed by atoms with Crippen LogP contribution in [0.15, 0.2) is 54.9 Å². The minimum absolute atomic E-state index is 0. The summed E-state index contributed by atoms with van der Waals surface area (Å²) in [5.74, 6) is -1.65.